The van der Waals surface area contributed by atoms with Crippen LogP contribution >= 0.6 is 0 Å². The van der Waals surface area contributed by atoms with E-state index >= 15 is 0 Å². The summed E-state index contributed by atoms with van der Waals surface area (Å²) in [6.45, 7) is 4.74. The third kappa shape index (κ3) is 4.01. The van der Waals surface area contributed by atoms with E-state index in [0.29, 0.717) is 31.8 Å². The maximum Gasteiger partial charge on any atom is 0.256 e. The lowest BCUT2D eigenvalue weighted by atomic mass is 9.89. The van der Waals surface area contributed by atoms with Crippen LogP contribution in [-0.2, 0) is 11.3 Å². The molecule has 25 heavy (non-hydrogen) atoms. The average molecular weight is 352 g/mol. The molecule has 2 aliphatic heterocycles. The number of hydrogen-bond donors (Lipinski definition) is 1. The zero-order valence-electron chi connectivity index (χ0n) is 14.7. The van der Waals surface area contributed by atoms with Crippen molar-refractivity contribution in [2.24, 2.45) is 5.92 Å². The van der Waals surface area contributed by atoms with Crippen molar-refractivity contribution < 1.29 is 18.7 Å². The molecule has 1 aromatic carbocycles. The first-order valence-electron chi connectivity index (χ1n) is 9.06. The van der Waals surface area contributed by atoms with Gasteiger partial charge in [-0.25, -0.2) is 8.78 Å². The molecule has 2 saturated heterocycles. The number of aliphatic hydroxyl groups is 1. The van der Waals surface area contributed by atoms with Crippen LogP contribution in [0.25, 0.3) is 0 Å². The van der Waals surface area contributed by atoms with E-state index in [9.17, 15) is 18.7 Å². The first kappa shape index (κ1) is 18.3. The Bertz CT molecular complexity index is 632. The average Bonchev–Trinajstić information content (AvgIpc) is 2.58. The SMILES string of the molecule is CC1CCN(C[C@]2(O)CCCN(Cc3cccc(F)c3F)C2=O)CC1. The second-order valence-corrected chi connectivity index (χ2v) is 7.53. The van der Waals surface area contributed by atoms with Gasteiger partial charge in [-0.1, -0.05) is 19.1 Å². The highest BCUT2D eigenvalue weighted by Gasteiger charge is 2.43. The molecule has 0 saturated carbocycles. The number of piperidine rings is 2. The van der Waals surface area contributed by atoms with E-state index in [2.05, 4.69) is 11.8 Å². The van der Waals surface area contributed by atoms with Gasteiger partial charge in [-0.3, -0.25) is 9.69 Å². The monoisotopic (exact) mass is 352 g/mol. The van der Waals surface area contributed by atoms with Crippen molar-refractivity contribution in [3.05, 3.63) is 35.4 Å². The predicted molar refractivity (Wildman–Crippen MR) is 90.8 cm³/mol. The molecule has 1 amide bonds. The third-order valence-electron chi connectivity index (χ3n) is 5.46. The minimum Gasteiger partial charge on any atom is -0.379 e. The van der Waals surface area contributed by atoms with E-state index < -0.39 is 17.2 Å². The van der Waals surface area contributed by atoms with Crippen LogP contribution in [-0.4, -0.2) is 52.6 Å². The van der Waals surface area contributed by atoms with E-state index in [0.717, 1.165) is 32.0 Å². The number of halogens is 2. The van der Waals surface area contributed by atoms with Crippen LogP contribution in [0.5, 0.6) is 0 Å². The Balaban J connectivity index is 1.68. The highest BCUT2D eigenvalue weighted by atomic mass is 19.2. The van der Waals surface area contributed by atoms with Crippen molar-refractivity contribution >= 4 is 5.91 Å². The molecule has 0 spiro atoms. The van der Waals surface area contributed by atoms with Crippen molar-refractivity contribution in [2.45, 2.75) is 44.8 Å². The minimum absolute atomic E-state index is 0.0121. The number of nitrogens with zero attached hydrogens (tertiary/aromatic N) is 2. The van der Waals surface area contributed by atoms with Gasteiger partial charge in [0.2, 0.25) is 0 Å². The largest absolute Gasteiger partial charge is 0.379 e. The van der Waals surface area contributed by atoms with Gasteiger partial charge < -0.3 is 10.0 Å². The molecule has 1 atom stereocenters. The van der Waals surface area contributed by atoms with Crippen LogP contribution in [0.4, 0.5) is 8.78 Å². The Morgan fingerprint density at radius 2 is 1.96 bits per heavy atom. The number of likely N-dealkylation sites (tertiary alicyclic amines) is 2. The van der Waals surface area contributed by atoms with Crippen LogP contribution in [0, 0.1) is 17.6 Å². The Labute approximate surface area is 147 Å². The normalized spacial score (nSPS) is 26.2. The van der Waals surface area contributed by atoms with Gasteiger partial charge in [0.05, 0.1) is 0 Å². The predicted octanol–water partition coefficient (Wildman–Crippen LogP) is 2.55. The molecule has 1 N–H and O–H groups in total. The fourth-order valence-electron chi connectivity index (χ4n) is 3.83. The Kier molecular flexibility index (Phi) is 5.39. The molecule has 0 radical (unpaired) electrons. The molecule has 0 aromatic heterocycles. The zero-order chi connectivity index (χ0) is 18.0. The Morgan fingerprint density at radius 3 is 2.68 bits per heavy atom. The molecule has 6 heteroatoms. The minimum atomic E-state index is -1.43. The molecular weight excluding hydrogens is 326 g/mol. The van der Waals surface area contributed by atoms with Crippen LogP contribution < -0.4 is 0 Å². The van der Waals surface area contributed by atoms with Crippen LogP contribution in [0.1, 0.15) is 38.2 Å². The van der Waals surface area contributed by atoms with Gasteiger partial charge in [-0.05, 0) is 50.8 Å². The lowest BCUT2D eigenvalue weighted by Gasteiger charge is -2.42. The van der Waals surface area contributed by atoms with Crippen LogP contribution in [0.15, 0.2) is 18.2 Å². The van der Waals surface area contributed by atoms with Gasteiger partial charge in [0.25, 0.3) is 5.91 Å². The Hall–Kier alpha value is -1.53. The highest BCUT2D eigenvalue weighted by Crippen LogP contribution is 2.28. The van der Waals surface area contributed by atoms with Crippen LogP contribution in [0.3, 0.4) is 0 Å². The molecular formula is C19H26F2N2O2. The number of benzene rings is 1. The third-order valence-corrected chi connectivity index (χ3v) is 5.46. The second-order valence-electron chi connectivity index (χ2n) is 7.53. The Morgan fingerprint density at radius 1 is 1.24 bits per heavy atom. The number of β-amino-alcohol motifs (C(OH)–C–C–N with tert-alkyl or cyclic N) is 1. The summed E-state index contributed by atoms with van der Waals surface area (Å²) in [5.74, 6) is -1.53. The van der Waals surface area contributed by atoms with Gasteiger partial charge in [0.15, 0.2) is 17.2 Å². The number of carbonyl (C=O) groups excluding carboxylic acids is 1. The zero-order valence-corrected chi connectivity index (χ0v) is 14.7. The number of rotatable bonds is 4. The van der Waals surface area contributed by atoms with Crippen molar-refractivity contribution in [1.82, 2.24) is 9.80 Å². The van der Waals surface area contributed by atoms with Gasteiger partial charge in [-0.2, -0.15) is 0 Å². The quantitative estimate of drug-likeness (QED) is 0.906. The lowest BCUT2D eigenvalue weighted by molar-refractivity contribution is -0.160. The highest BCUT2D eigenvalue weighted by molar-refractivity contribution is 5.86. The van der Waals surface area contributed by atoms with Crippen LogP contribution in [0.2, 0.25) is 0 Å². The lowest BCUT2D eigenvalue weighted by Crippen LogP contribution is -2.59. The van der Waals surface area contributed by atoms with Crippen molar-refractivity contribution in [2.75, 3.05) is 26.2 Å². The fraction of sp³-hybridized carbons (Fsp3) is 0.632. The molecule has 2 heterocycles. The van der Waals surface area contributed by atoms with E-state index in [-0.39, 0.29) is 18.0 Å². The second kappa shape index (κ2) is 7.38. The molecule has 2 fully saturated rings. The van der Waals surface area contributed by atoms with Crippen molar-refractivity contribution in [3.63, 3.8) is 0 Å². The number of hydrogen-bond acceptors (Lipinski definition) is 3. The maximum atomic E-state index is 13.9. The molecule has 4 nitrogen and oxygen atoms in total. The van der Waals surface area contributed by atoms with E-state index in [1.165, 1.54) is 17.0 Å². The summed E-state index contributed by atoms with van der Waals surface area (Å²) >= 11 is 0. The molecule has 0 bridgehead atoms. The smallest absolute Gasteiger partial charge is 0.256 e. The number of amides is 1. The summed E-state index contributed by atoms with van der Waals surface area (Å²) in [6.07, 6.45) is 3.22. The molecule has 3 rings (SSSR count). The van der Waals surface area contributed by atoms with Gasteiger partial charge >= 0.3 is 0 Å². The fourth-order valence-corrected chi connectivity index (χ4v) is 3.83. The van der Waals surface area contributed by atoms with E-state index in [4.69, 9.17) is 0 Å². The van der Waals surface area contributed by atoms with E-state index in [1.54, 1.807) is 0 Å². The maximum absolute atomic E-state index is 13.9. The molecule has 0 aliphatic carbocycles. The standard InChI is InChI=1S/C19H26F2N2O2/c1-14-6-10-22(11-7-14)13-19(25)8-3-9-23(18(19)24)12-15-4-2-5-16(20)17(15)21/h2,4-5,14,25H,3,6-13H2,1H3/t19-/m1/s1. The summed E-state index contributed by atoms with van der Waals surface area (Å²) in [5.41, 5.74) is -1.28. The first-order chi connectivity index (χ1) is 11.9. The molecule has 138 valence electrons. The summed E-state index contributed by atoms with van der Waals surface area (Å²) in [6, 6.07) is 3.97. The summed E-state index contributed by atoms with van der Waals surface area (Å²) < 4.78 is 27.3. The van der Waals surface area contributed by atoms with Gasteiger partial charge in [-0.15, -0.1) is 0 Å². The molecule has 0 unspecified atom stereocenters. The molecule has 1 aromatic rings. The summed E-state index contributed by atoms with van der Waals surface area (Å²) in [5, 5.41) is 10.9. The summed E-state index contributed by atoms with van der Waals surface area (Å²) in [7, 11) is 0. The van der Waals surface area contributed by atoms with Crippen molar-refractivity contribution in [3.8, 4) is 0 Å². The van der Waals surface area contributed by atoms with Gasteiger partial charge in [0, 0.05) is 25.2 Å². The molecule has 2 aliphatic rings. The first-order valence-corrected chi connectivity index (χ1v) is 9.06. The topological polar surface area (TPSA) is 43.8 Å². The number of carbonyl (C=O) groups is 1. The van der Waals surface area contributed by atoms with E-state index in [1.807, 2.05) is 0 Å². The van der Waals surface area contributed by atoms with Crippen molar-refractivity contribution in [1.29, 1.82) is 0 Å². The van der Waals surface area contributed by atoms with Gasteiger partial charge in [0.1, 0.15) is 0 Å². The summed E-state index contributed by atoms with van der Waals surface area (Å²) in [4.78, 5) is 16.4.